The van der Waals surface area contributed by atoms with E-state index in [1.165, 1.54) is 0 Å². The summed E-state index contributed by atoms with van der Waals surface area (Å²) >= 11 is -2.03. The third kappa shape index (κ3) is 3.36. The standard InChI is InChI=1S/C8H16N2O3S/c9-4-7-2-1-3-10(5-7)8(11)6-14(12)13/h7H,1-6,9H2,(H,12,13). The minimum absolute atomic E-state index is 0.246. The summed E-state index contributed by atoms with van der Waals surface area (Å²) in [4.78, 5) is 13.0. The normalized spacial score (nSPS) is 24.7. The average molecular weight is 220 g/mol. The van der Waals surface area contributed by atoms with Crippen LogP contribution in [0.1, 0.15) is 12.8 Å². The number of amides is 1. The second-order valence-corrected chi connectivity index (χ2v) is 4.48. The highest BCUT2D eigenvalue weighted by Crippen LogP contribution is 2.15. The average Bonchev–Trinajstić information content (AvgIpc) is 2.17. The van der Waals surface area contributed by atoms with E-state index in [1.807, 2.05) is 0 Å². The number of hydrogen-bond acceptors (Lipinski definition) is 3. The van der Waals surface area contributed by atoms with Gasteiger partial charge >= 0.3 is 0 Å². The Morgan fingerprint density at radius 2 is 2.36 bits per heavy atom. The van der Waals surface area contributed by atoms with Gasteiger partial charge in [0.15, 0.2) is 11.1 Å². The molecule has 0 saturated carbocycles. The van der Waals surface area contributed by atoms with E-state index in [1.54, 1.807) is 4.90 Å². The molecule has 0 aromatic heterocycles. The molecule has 1 saturated heterocycles. The van der Waals surface area contributed by atoms with Crippen molar-refractivity contribution >= 4 is 17.0 Å². The summed E-state index contributed by atoms with van der Waals surface area (Å²) in [6, 6.07) is 0. The Hall–Kier alpha value is -0.460. The number of likely N-dealkylation sites (tertiary alicyclic amines) is 1. The smallest absolute Gasteiger partial charge is 0.237 e. The molecule has 2 unspecified atom stereocenters. The van der Waals surface area contributed by atoms with Crippen molar-refractivity contribution in [1.29, 1.82) is 0 Å². The fourth-order valence-electron chi connectivity index (χ4n) is 1.68. The van der Waals surface area contributed by atoms with Gasteiger partial charge in [0.2, 0.25) is 5.91 Å². The maximum absolute atomic E-state index is 11.4. The summed E-state index contributed by atoms with van der Waals surface area (Å²) in [6.45, 7) is 1.89. The summed E-state index contributed by atoms with van der Waals surface area (Å²) in [6.07, 6.45) is 1.98. The molecule has 0 spiro atoms. The first-order chi connectivity index (χ1) is 6.63. The van der Waals surface area contributed by atoms with Gasteiger partial charge in [0, 0.05) is 13.1 Å². The summed E-state index contributed by atoms with van der Waals surface area (Å²) in [5.41, 5.74) is 5.52. The van der Waals surface area contributed by atoms with Gasteiger partial charge in [-0.2, -0.15) is 0 Å². The van der Waals surface area contributed by atoms with E-state index in [4.69, 9.17) is 10.3 Å². The highest BCUT2D eigenvalue weighted by molar-refractivity contribution is 7.80. The maximum Gasteiger partial charge on any atom is 0.237 e. The monoisotopic (exact) mass is 220 g/mol. The Bertz CT molecular complexity index is 235. The first kappa shape index (κ1) is 11.6. The van der Waals surface area contributed by atoms with Crippen LogP contribution in [0.4, 0.5) is 0 Å². The third-order valence-corrected chi connectivity index (χ3v) is 2.95. The van der Waals surface area contributed by atoms with Gasteiger partial charge in [-0.3, -0.25) is 4.79 Å². The Labute approximate surface area is 85.9 Å². The zero-order valence-corrected chi connectivity index (χ0v) is 8.83. The Morgan fingerprint density at radius 1 is 1.64 bits per heavy atom. The lowest BCUT2D eigenvalue weighted by molar-refractivity contribution is -0.130. The van der Waals surface area contributed by atoms with E-state index in [0.29, 0.717) is 25.6 Å². The number of carbonyl (C=O) groups is 1. The first-order valence-electron chi connectivity index (χ1n) is 4.68. The highest BCUT2D eigenvalue weighted by Gasteiger charge is 2.23. The van der Waals surface area contributed by atoms with E-state index in [-0.39, 0.29) is 11.7 Å². The van der Waals surface area contributed by atoms with Crippen LogP contribution >= 0.6 is 0 Å². The largest absolute Gasteiger partial charge is 0.342 e. The SMILES string of the molecule is NCC1CCCN(C(=O)CS(=O)O)C1. The van der Waals surface area contributed by atoms with Crippen LogP contribution in [0, 0.1) is 5.92 Å². The molecular formula is C8H16N2O3S. The van der Waals surface area contributed by atoms with Gasteiger partial charge in [-0.05, 0) is 25.3 Å². The number of piperidine rings is 1. The highest BCUT2D eigenvalue weighted by atomic mass is 32.2. The van der Waals surface area contributed by atoms with E-state index >= 15 is 0 Å². The second-order valence-electron chi connectivity index (χ2n) is 3.55. The number of rotatable bonds is 3. The molecule has 5 nitrogen and oxygen atoms in total. The predicted octanol–water partition coefficient (Wildman–Crippen LogP) is -0.595. The quantitative estimate of drug-likeness (QED) is 0.622. The van der Waals surface area contributed by atoms with Crippen LogP contribution in [0.5, 0.6) is 0 Å². The van der Waals surface area contributed by atoms with Crippen LogP contribution in [-0.4, -0.2) is 45.0 Å². The van der Waals surface area contributed by atoms with E-state index in [2.05, 4.69) is 0 Å². The van der Waals surface area contributed by atoms with Crippen molar-refractivity contribution in [3.63, 3.8) is 0 Å². The lowest BCUT2D eigenvalue weighted by atomic mass is 9.98. The molecular weight excluding hydrogens is 204 g/mol. The number of nitrogens with zero attached hydrogens (tertiary/aromatic N) is 1. The Morgan fingerprint density at radius 3 is 2.93 bits per heavy atom. The molecule has 1 rings (SSSR count). The molecule has 14 heavy (non-hydrogen) atoms. The molecule has 82 valence electrons. The zero-order chi connectivity index (χ0) is 10.6. The molecule has 1 fully saturated rings. The summed E-state index contributed by atoms with van der Waals surface area (Å²) in [5, 5.41) is 0. The lowest BCUT2D eigenvalue weighted by Crippen LogP contribution is -2.43. The fourth-order valence-corrected chi connectivity index (χ4v) is 2.07. The summed E-state index contributed by atoms with van der Waals surface area (Å²) in [7, 11) is 0. The van der Waals surface area contributed by atoms with Gasteiger partial charge in [-0.1, -0.05) is 0 Å². The van der Waals surface area contributed by atoms with Gasteiger partial charge in [0.05, 0.1) is 0 Å². The minimum Gasteiger partial charge on any atom is -0.342 e. The number of carbonyl (C=O) groups excluding carboxylic acids is 1. The fraction of sp³-hybridized carbons (Fsp3) is 0.875. The first-order valence-corrected chi connectivity index (χ1v) is 5.96. The van der Waals surface area contributed by atoms with E-state index in [9.17, 15) is 9.00 Å². The van der Waals surface area contributed by atoms with Crippen LogP contribution in [0.25, 0.3) is 0 Å². The number of hydrogen-bond donors (Lipinski definition) is 2. The minimum atomic E-state index is -2.03. The molecule has 0 aromatic carbocycles. The summed E-state index contributed by atoms with van der Waals surface area (Å²) in [5.74, 6) is -0.194. The number of nitrogens with two attached hydrogens (primary N) is 1. The van der Waals surface area contributed by atoms with Crippen molar-refractivity contribution in [1.82, 2.24) is 4.90 Å². The van der Waals surface area contributed by atoms with Crippen LogP contribution < -0.4 is 5.73 Å². The van der Waals surface area contributed by atoms with Crippen molar-refractivity contribution in [2.45, 2.75) is 12.8 Å². The molecule has 1 aliphatic heterocycles. The molecule has 1 aliphatic rings. The molecule has 3 N–H and O–H groups in total. The van der Waals surface area contributed by atoms with Gasteiger partial charge < -0.3 is 15.2 Å². The van der Waals surface area contributed by atoms with Crippen molar-refractivity contribution in [2.75, 3.05) is 25.4 Å². The van der Waals surface area contributed by atoms with Crippen molar-refractivity contribution in [3.05, 3.63) is 0 Å². The molecule has 1 heterocycles. The zero-order valence-electron chi connectivity index (χ0n) is 8.02. The van der Waals surface area contributed by atoms with Crippen LogP contribution in [0.2, 0.25) is 0 Å². The van der Waals surface area contributed by atoms with E-state index < -0.39 is 11.1 Å². The summed E-state index contributed by atoms with van der Waals surface area (Å²) < 4.78 is 19.0. The lowest BCUT2D eigenvalue weighted by Gasteiger charge is -2.31. The molecule has 0 radical (unpaired) electrons. The third-order valence-electron chi connectivity index (χ3n) is 2.45. The second kappa shape index (κ2) is 5.43. The van der Waals surface area contributed by atoms with Crippen molar-refractivity contribution in [2.24, 2.45) is 11.7 Å². The van der Waals surface area contributed by atoms with Gasteiger partial charge in [-0.15, -0.1) is 0 Å². The van der Waals surface area contributed by atoms with Crippen LogP contribution in [0.3, 0.4) is 0 Å². The van der Waals surface area contributed by atoms with Gasteiger partial charge in [0.25, 0.3) is 0 Å². The molecule has 2 atom stereocenters. The molecule has 0 bridgehead atoms. The Balaban J connectivity index is 2.43. The van der Waals surface area contributed by atoms with Crippen LogP contribution in [-0.2, 0) is 15.9 Å². The molecule has 1 amide bonds. The Kier molecular flexibility index (Phi) is 4.50. The maximum atomic E-state index is 11.4. The van der Waals surface area contributed by atoms with Crippen molar-refractivity contribution < 1.29 is 13.6 Å². The molecule has 6 heteroatoms. The predicted molar refractivity (Wildman–Crippen MR) is 54.0 cm³/mol. The van der Waals surface area contributed by atoms with Gasteiger partial charge in [-0.25, -0.2) is 4.21 Å². The van der Waals surface area contributed by atoms with Crippen LogP contribution in [0.15, 0.2) is 0 Å². The van der Waals surface area contributed by atoms with Crippen molar-refractivity contribution in [3.8, 4) is 0 Å². The topological polar surface area (TPSA) is 83.6 Å². The van der Waals surface area contributed by atoms with Gasteiger partial charge in [0.1, 0.15) is 5.75 Å². The molecule has 0 aromatic rings. The van der Waals surface area contributed by atoms with E-state index in [0.717, 1.165) is 12.8 Å². The molecule has 0 aliphatic carbocycles.